The van der Waals surface area contributed by atoms with Crippen molar-refractivity contribution in [1.82, 2.24) is 5.32 Å². The molecule has 0 aromatic heterocycles. The van der Waals surface area contributed by atoms with Crippen molar-refractivity contribution in [2.75, 3.05) is 6.61 Å². The van der Waals surface area contributed by atoms with Crippen LogP contribution < -0.4 is 10.1 Å². The van der Waals surface area contributed by atoms with Gasteiger partial charge < -0.3 is 15.2 Å². The Morgan fingerprint density at radius 2 is 2.19 bits per heavy atom. The highest BCUT2D eigenvalue weighted by molar-refractivity contribution is 5.89. The van der Waals surface area contributed by atoms with Gasteiger partial charge in [0.15, 0.2) is 0 Å². The summed E-state index contributed by atoms with van der Waals surface area (Å²) in [6.45, 7) is 3.19. The van der Waals surface area contributed by atoms with Gasteiger partial charge in [-0.3, -0.25) is 9.59 Å². The maximum Gasteiger partial charge on any atom is 0.307 e. The Balaban J connectivity index is 1.79. The second kappa shape index (κ2) is 7.11. The number of aliphatic carboxylic acids is 1. The number of carboxylic acid groups (broad SMARTS) is 1. The van der Waals surface area contributed by atoms with Gasteiger partial charge in [-0.2, -0.15) is 0 Å². The van der Waals surface area contributed by atoms with Gasteiger partial charge in [-0.15, -0.1) is 0 Å². The van der Waals surface area contributed by atoms with Gasteiger partial charge in [0.05, 0.1) is 18.4 Å². The van der Waals surface area contributed by atoms with Crippen molar-refractivity contribution in [2.24, 2.45) is 11.8 Å². The number of carbonyl (C=O) groups is 2. The molecule has 1 aromatic carbocycles. The molecule has 21 heavy (non-hydrogen) atoms. The van der Waals surface area contributed by atoms with E-state index in [0.29, 0.717) is 19.6 Å². The fraction of sp³-hybridized carbons (Fsp3) is 0.500. The van der Waals surface area contributed by atoms with Gasteiger partial charge in [0.25, 0.3) is 0 Å². The van der Waals surface area contributed by atoms with E-state index in [-0.39, 0.29) is 11.8 Å². The molecule has 2 unspecified atom stereocenters. The maximum atomic E-state index is 11.8. The molecule has 1 amide bonds. The zero-order valence-corrected chi connectivity index (χ0v) is 12.2. The van der Waals surface area contributed by atoms with Crippen LogP contribution in [0.4, 0.5) is 0 Å². The fourth-order valence-corrected chi connectivity index (χ4v) is 2.16. The fourth-order valence-electron chi connectivity index (χ4n) is 2.16. The first-order valence-corrected chi connectivity index (χ1v) is 7.34. The van der Waals surface area contributed by atoms with E-state index in [1.54, 1.807) is 0 Å². The Labute approximate surface area is 124 Å². The van der Waals surface area contributed by atoms with Crippen LogP contribution in [-0.4, -0.2) is 23.6 Å². The molecule has 5 heteroatoms. The third kappa shape index (κ3) is 4.48. The maximum absolute atomic E-state index is 11.8. The lowest BCUT2D eigenvalue weighted by molar-refractivity contribution is -0.140. The normalized spacial score (nSPS) is 19.9. The van der Waals surface area contributed by atoms with Crippen LogP contribution >= 0.6 is 0 Å². The van der Waals surface area contributed by atoms with Crippen LogP contribution in [0, 0.1) is 11.8 Å². The summed E-state index contributed by atoms with van der Waals surface area (Å²) in [5.74, 6) is -1.15. The van der Waals surface area contributed by atoms with E-state index < -0.39 is 11.9 Å². The molecule has 2 atom stereocenters. The molecule has 0 heterocycles. The number of benzene rings is 1. The van der Waals surface area contributed by atoms with Crippen LogP contribution in [0.15, 0.2) is 24.3 Å². The molecular formula is C16H21NO4. The summed E-state index contributed by atoms with van der Waals surface area (Å²) < 4.78 is 5.61. The molecule has 1 fully saturated rings. The van der Waals surface area contributed by atoms with Crippen molar-refractivity contribution in [2.45, 2.75) is 32.7 Å². The summed E-state index contributed by atoms with van der Waals surface area (Å²) in [4.78, 5) is 22.5. The SMILES string of the molecule is CCCCOc1cccc(CNC(=O)C2CC2C(=O)O)c1. The Morgan fingerprint density at radius 3 is 2.86 bits per heavy atom. The van der Waals surface area contributed by atoms with Gasteiger partial charge in [-0.1, -0.05) is 25.5 Å². The molecule has 0 radical (unpaired) electrons. The van der Waals surface area contributed by atoms with Gasteiger partial charge in [0, 0.05) is 6.54 Å². The molecule has 2 N–H and O–H groups in total. The third-order valence-electron chi connectivity index (χ3n) is 3.58. The zero-order valence-electron chi connectivity index (χ0n) is 12.2. The topological polar surface area (TPSA) is 75.6 Å². The number of rotatable bonds is 8. The van der Waals surface area contributed by atoms with Gasteiger partial charge in [-0.05, 0) is 30.5 Å². The highest BCUT2D eigenvalue weighted by atomic mass is 16.5. The Hall–Kier alpha value is -2.04. The highest BCUT2D eigenvalue weighted by Gasteiger charge is 2.48. The minimum absolute atomic E-state index is 0.181. The van der Waals surface area contributed by atoms with E-state index in [4.69, 9.17) is 9.84 Å². The van der Waals surface area contributed by atoms with Crippen LogP contribution in [0.25, 0.3) is 0 Å². The smallest absolute Gasteiger partial charge is 0.307 e. The second-order valence-corrected chi connectivity index (χ2v) is 5.35. The van der Waals surface area contributed by atoms with E-state index in [9.17, 15) is 9.59 Å². The molecule has 114 valence electrons. The minimum atomic E-state index is -0.888. The minimum Gasteiger partial charge on any atom is -0.494 e. The first-order chi connectivity index (χ1) is 10.1. The van der Waals surface area contributed by atoms with Gasteiger partial charge in [-0.25, -0.2) is 0 Å². The summed E-state index contributed by atoms with van der Waals surface area (Å²) in [6.07, 6.45) is 2.54. The first kappa shape index (κ1) is 15.4. The average molecular weight is 291 g/mol. The van der Waals surface area contributed by atoms with Crippen molar-refractivity contribution in [1.29, 1.82) is 0 Å². The van der Waals surface area contributed by atoms with Crippen molar-refractivity contribution in [3.63, 3.8) is 0 Å². The molecule has 1 aromatic rings. The number of nitrogens with one attached hydrogen (secondary N) is 1. The monoisotopic (exact) mass is 291 g/mol. The van der Waals surface area contributed by atoms with Gasteiger partial charge >= 0.3 is 5.97 Å². The van der Waals surface area contributed by atoms with Crippen LogP contribution in [0.5, 0.6) is 5.75 Å². The van der Waals surface area contributed by atoms with Crippen LogP contribution in [0.1, 0.15) is 31.7 Å². The second-order valence-electron chi connectivity index (χ2n) is 5.35. The predicted molar refractivity (Wildman–Crippen MR) is 77.9 cm³/mol. The van der Waals surface area contributed by atoms with Crippen LogP contribution in [0.2, 0.25) is 0 Å². The number of carboxylic acids is 1. The lowest BCUT2D eigenvalue weighted by atomic mass is 10.2. The standard InChI is InChI=1S/C16H21NO4/c1-2-3-7-21-12-6-4-5-11(8-12)10-17-15(18)13-9-14(13)16(19)20/h4-6,8,13-14H,2-3,7,9-10H2,1H3,(H,17,18)(H,19,20). The van der Waals surface area contributed by atoms with E-state index in [0.717, 1.165) is 24.2 Å². The lowest BCUT2D eigenvalue weighted by Crippen LogP contribution is -2.25. The summed E-state index contributed by atoms with van der Waals surface area (Å²) in [5, 5.41) is 11.6. The molecular weight excluding hydrogens is 270 g/mol. The van der Waals surface area contributed by atoms with Crippen molar-refractivity contribution >= 4 is 11.9 Å². The number of hydrogen-bond donors (Lipinski definition) is 2. The summed E-state index contributed by atoms with van der Waals surface area (Å²) in [7, 11) is 0. The third-order valence-corrected chi connectivity index (χ3v) is 3.58. The molecule has 2 rings (SSSR count). The van der Waals surface area contributed by atoms with Crippen molar-refractivity contribution < 1.29 is 19.4 Å². The van der Waals surface area contributed by atoms with Gasteiger partial charge in [0.2, 0.25) is 5.91 Å². The molecule has 1 aliphatic rings. The quantitative estimate of drug-likeness (QED) is 0.720. The summed E-state index contributed by atoms with van der Waals surface area (Å²) in [6, 6.07) is 7.59. The van der Waals surface area contributed by atoms with E-state index in [1.807, 2.05) is 24.3 Å². The molecule has 1 aliphatic carbocycles. The molecule has 0 bridgehead atoms. The summed E-state index contributed by atoms with van der Waals surface area (Å²) in [5.41, 5.74) is 0.949. The summed E-state index contributed by atoms with van der Waals surface area (Å²) >= 11 is 0. The van der Waals surface area contributed by atoms with Crippen molar-refractivity contribution in [3.05, 3.63) is 29.8 Å². The predicted octanol–water partition coefficient (Wildman–Crippen LogP) is 2.20. The van der Waals surface area contributed by atoms with Crippen LogP contribution in [-0.2, 0) is 16.1 Å². The van der Waals surface area contributed by atoms with Gasteiger partial charge in [0.1, 0.15) is 5.75 Å². The molecule has 0 saturated heterocycles. The van der Waals surface area contributed by atoms with Crippen molar-refractivity contribution in [3.8, 4) is 5.75 Å². The Morgan fingerprint density at radius 1 is 1.38 bits per heavy atom. The van der Waals surface area contributed by atoms with E-state index >= 15 is 0 Å². The number of hydrogen-bond acceptors (Lipinski definition) is 3. The molecule has 0 spiro atoms. The number of unbranched alkanes of at least 4 members (excludes halogenated alkanes) is 1. The number of amides is 1. The molecule has 0 aliphatic heterocycles. The number of ether oxygens (including phenoxy) is 1. The van der Waals surface area contributed by atoms with E-state index in [2.05, 4.69) is 12.2 Å². The number of carbonyl (C=O) groups excluding carboxylic acids is 1. The average Bonchev–Trinajstić information content (AvgIpc) is 3.26. The van der Waals surface area contributed by atoms with Crippen LogP contribution in [0.3, 0.4) is 0 Å². The molecule has 1 saturated carbocycles. The largest absolute Gasteiger partial charge is 0.494 e. The Bertz CT molecular complexity index is 515. The first-order valence-electron chi connectivity index (χ1n) is 7.34. The Kier molecular flexibility index (Phi) is 5.20. The molecule has 5 nitrogen and oxygen atoms in total. The van der Waals surface area contributed by atoms with E-state index in [1.165, 1.54) is 0 Å². The highest BCUT2D eigenvalue weighted by Crippen LogP contribution is 2.38. The lowest BCUT2D eigenvalue weighted by Gasteiger charge is -2.08. The zero-order chi connectivity index (χ0) is 15.2.